The number of amides is 1. The maximum absolute atomic E-state index is 12.3. The van der Waals surface area contributed by atoms with Crippen LogP contribution in [0.4, 0.5) is 0 Å². The zero-order chi connectivity index (χ0) is 14.4. The minimum absolute atomic E-state index is 0.0159. The maximum atomic E-state index is 12.3. The van der Waals surface area contributed by atoms with Gasteiger partial charge in [-0.3, -0.25) is 4.79 Å². The van der Waals surface area contributed by atoms with Crippen LogP contribution in [0.25, 0.3) is 0 Å². The van der Waals surface area contributed by atoms with Crippen molar-refractivity contribution in [3.05, 3.63) is 0 Å². The topological polar surface area (TPSA) is 61.4 Å². The first-order chi connectivity index (χ1) is 9.65. The highest BCUT2D eigenvalue weighted by molar-refractivity contribution is 5.77. The summed E-state index contributed by atoms with van der Waals surface area (Å²) in [6.45, 7) is 0. The monoisotopic (exact) mass is 282 g/mol. The van der Waals surface area contributed by atoms with Gasteiger partial charge >= 0.3 is 0 Å². The molecule has 1 amide bonds. The van der Waals surface area contributed by atoms with Crippen LogP contribution in [-0.2, 0) is 4.79 Å². The van der Waals surface area contributed by atoms with Crippen LogP contribution in [0.1, 0.15) is 70.6 Å². The van der Waals surface area contributed by atoms with E-state index in [1.165, 1.54) is 25.7 Å². The number of hydrogen-bond acceptors (Lipinski definition) is 3. The Bertz CT molecular complexity index is 314. The standard InChI is InChI=1S/C16H30N2O2/c1-17-16(10-6-3-7-11-16)12-15(20)18-13-8-4-2-5-9-14(13)19/h13-14,17,19H,2-12H2,1H3,(H,18,20). The van der Waals surface area contributed by atoms with Gasteiger partial charge in [-0.25, -0.2) is 0 Å². The Kier molecular flexibility index (Phi) is 5.85. The molecule has 0 spiro atoms. The van der Waals surface area contributed by atoms with Crippen molar-refractivity contribution < 1.29 is 9.90 Å². The van der Waals surface area contributed by atoms with Crippen molar-refractivity contribution in [2.24, 2.45) is 0 Å². The molecule has 2 saturated carbocycles. The van der Waals surface area contributed by atoms with Crippen LogP contribution in [0.15, 0.2) is 0 Å². The SMILES string of the molecule is CNC1(CC(=O)NC2CCCCCC2O)CCCCC1. The third-order valence-electron chi connectivity index (χ3n) is 5.17. The number of aliphatic hydroxyl groups excluding tert-OH is 1. The van der Waals surface area contributed by atoms with Gasteiger partial charge < -0.3 is 15.7 Å². The summed E-state index contributed by atoms with van der Waals surface area (Å²) in [5, 5.41) is 16.6. The molecule has 0 aromatic carbocycles. The van der Waals surface area contributed by atoms with Crippen LogP contribution in [0.3, 0.4) is 0 Å². The van der Waals surface area contributed by atoms with Crippen LogP contribution >= 0.6 is 0 Å². The number of aliphatic hydroxyl groups is 1. The molecule has 0 aliphatic heterocycles. The molecule has 2 fully saturated rings. The number of rotatable bonds is 4. The highest BCUT2D eigenvalue weighted by atomic mass is 16.3. The molecule has 2 rings (SSSR count). The van der Waals surface area contributed by atoms with Crippen molar-refractivity contribution in [2.75, 3.05) is 7.05 Å². The van der Waals surface area contributed by atoms with Gasteiger partial charge in [0.1, 0.15) is 0 Å². The van der Waals surface area contributed by atoms with Gasteiger partial charge in [-0.15, -0.1) is 0 Å². The second-order valence-electron chi connectivity index (χ2n) is 6.65. The first-order valence-corrected chi connectivity index (χ1v) is 8.32. The third kappa shape index (κ3) is 4.19. The number of carbonyl (C=O) groups is 1. The van der Waals surface area contributed by atoms with Crippen LogP contribution < -0.4 is 10.6 Å². The second-order valence-corrected chi connectivity index (χ2v) is 6.65. The lowest BCUT2D eigenvalue weighted by atomic mass is 9.79. The summed E-state index contributed by atoms with van der Waals surface area (Å²) in [7, 11) is 1.97. The Balaban J connectivity index is 1.87. The van der Waals surface area contributed by atoms with Crippen LogP contribution in [0.2, 0.25) is 0 Å². The van der Waals surface area contributed by atoms with Crippen molar-refractivity contribution in [1.82, 2.24) is 10.6 Å². The average Bonchev–Trinajstić information content (AvgIpc) is 2.65. The van der Waals surface area contributed by atoms with Gasteiger partial charge in [0.15, 0.2) is 0 Å². The summed E-state index contributed by atoms with van der Waals surface area (Å²) in [5.41, 5.74) is -0.0159. The van der Waals surface area contributed by atoms with E-state index in [2.05, 4.69) is 10.6 Å². The lowest BCUT2D eigenvalue weighted by Crippen LogP contribution is -2.51. The molecule has 0 aromatic heterocycles. The van der Waals surface area contributed by atoms with E-state index in [9.17, 15) is 9.90 Å². The molecule has 4 nitrogen and oxygen atoms in total. The first kappa shape index (κ1) is 15.8. The molecule has 0 bridgehead atoms. The fourth-order valence-corrected chi connectivity index (χ4v) is 3.77. The highest BCUT2D eigenvalue weighted by Crippen LogP contribution is 2.30. The summed E-state index contributed by atoms with van der Waals surface area (Å²) >= 11 is 0. The van der Waals surface area contributed by atoms with Gasteiger partial charge in [0, 0.05) is 12.0 Å². The fraction of sp³-hybridized carbons (Fsp3) is 0.938. The lowest BCUT2D eigenvalue weighted by Gasteiger charge is -2.37. The summed E-state index contributed by atoms with van der Waals surface area (Å²) < 4.78 is 0. The van der Waals surface area contributed by atoms with Crippen LogP contribution in [0.5, 0.6) is 0 Å². The molecule has 2 atom stereocenters. The Labute approximate surface area is 122 Å². The van der Waals surface area contributed by atoms with Gasteiger partial charge in [-0.2, -0.15) is 0 Å². The number of carbonyl (C=O) groups excluding carboxylic acids is 1. The molecule has 3 N–H and O–H groups in total. The smallest absolute Gasteiger partial charge is 0.222 e. The third-order valence-corrected chi connectivity index (χ3v) is 5.17. The van der Waals surface area contributed by atoms with Crippen LogP contribution in [-0.4, -0.2) is 35.7 Å². The van der Waals surface area contributed by atoms with Gasteiger partial charge in [0.2, 0.25) is 5.91 Å². The van der Waals surface area contributed by atoms with Crippen molar-refractivity contribution >= 4 is 5.91 Å². The molecule has 2 unspecified atom stereocenters. The Morgan fingerprint density at radius 2 is 1.75 bits per heavy atom. The Morgan fingerprint density at radius 1 is 1.10 bits per heavy atom. The normalized spacial score (nSPS) is 30.5. The quantitative estimate of drug-likeness (QED) is 0.692. The molecular formula is C16H30N2O2. The summed E-state index contributed by atoms with van der Waals surface area (Å²) in [6, 6.07) is -0.0394. The zero-order valence-electron chi connectivity index (χ0n) is 12.8. The van der Waals surface area contributed by atoms with E-state index in [1.807, 2.05) is 7.05 Å². The molecule has 4 heteroatoms. The van der Waals surface area contributed by atoms with Gasteiger partial charge in [0.05, 0.1) is 12.1 Å². The van der Waals surface area contributed by atoms with E-state index in [0.717, 1.165) is 38.5 Å². The van der Waals surface area contributed by atoms with Gasteiger partial charge in [0.25, 0.3) is 0 Å². The number of hydrogen-bond donors (Lipinski definition) is 3. The fourth-order valence-electron chi connectivity index (χ4n) is 3.77. The first-order valence-electron chi connectivity index (χ1n) is 8.32. The highest BCUT2D eigenvalue weighted by Gasteiger charge is 2.33. The second kappa shape index (κ2) is 7.41. The maximum Gasteiger partial charge on any atom is 0.222 e. The lowest BCUT2D eigenvalue weighted by molar-refractivity contribution is -0.124. The van der Waals surface area contributed by atoms with Crippen molar-refractivity contribution in [2.45, 2.75) is 88.3 Å². The predicted molar refractivity (Wildman–Crippen MR) is 80.5 cm³/mol. The molecule has 2 aliphatic rings. The Hall–Kier alpha value is -0.610. The van der Waals surface area contributed by atoms with Gasteiger partial charge in [-0.1, -0.05) is 38.5 Å². The number of nitrogens with one attached hydrogen (secondary N) is 2. The molecule has 2 aliphatic carbocycles. The molecule has 0 saturated heterocycles. The zero-order valence-corrected chi connectivity index (χ0v) is 12.8. The average molecular weight is 282 g/mol. The molecule has 0 aromatic rings. The van der Waals surface area contributed by atoms with Crippen molar-refractivity contribution in [3.63, 3.8) is 0 Å². The van der Waals surface area contributed by atoms with Crippen molar-refractivity contribution in [3.8, 4) is 0 Å². The molecule has 0 heterocycles. The van der Waals surface area contributed by atoms with E-state index >= 15 is 0 Å². The van der Waals surface area contributed by atoms with E-state index in [0.29, 0.717) is 6.42 Å². The van der Waals surface area contributed by atoms with E-state index in [1.54, 1.807) is 0 Å². The molecule has 0 radical (unpaired) electrons. The minimum Gasteiger partial charge on any atom is -0.391 e. The predicted octanol–water partition coefficient (Wildman–Crippen LogP) is 2.11. The largest absolute Gasteiger partial charge is 0.391 e. The van der Waals surface area contributed by atoms with E-state index < -0.39 is 0 Å². The summed E-state index contributed by atoms with van der Waals surface area (Å²) in [6.07, 6.45) is 11.2. The molecule has 20 heavy (non-hydrogen) atoms. The Morgan fingerprint density at radius 3 is 2.45 bits per heavy atom. The van der Waals surface area contributed by atoms with Gasteiger partial charge in [-0.05, 0) is 32.7 Å². The van der Waals surface area contributed by atoms with E-state index in [-0.39, 0.29) is 23.6 Å². The summed E-state index contributed by atoms with van der Waals surface area (Å²) in [4.78, 5) is 12.3. The summed E-state index contributed by atoms with van der Waals surface area (Å²) in [5.74, 6) is 0.104. The van der Waals surface area contributed by atoms with E-state index in [4.69, 9.17) is 0 Å². The molecular weight excluding hydrogens is 252 g/mol. The minimum atomic E-state index is -0.363. The molecule has 116 valence electrons. The van der Waals surface area contributed by atoms with Crippen molar-refractivity contribution in [1.29, 1.82) is 0 Å². The van der Waals surface area contributed by atoms with Crippen LogP contribution in [0, 0.1) is 0 Å².